The highest BCUT2D eigenvalue weighted by Crippen LogP contribution is 2.34. The van der Waals surface area contributed by atoms with Crippen LogP contribution in [0.25, 0.3) is 5.69 Å². The molecule has 1 heterocycles. The molecule has 0 amide bonds. The van der Waals surface area contributed by atoms with Crippen LogP contribution in [0.5, 0.6) is 5.75 Å². The van der Waals surface area contributed by atoms with E-state index in [0.29, 0.717) is 6.42 Å². The molecule has 2 aromatic carbocycles. The number of benzene rings is 2. The van der Waals surface area contributed by atoms with Gasteiger partial charge in [-0.15, -0.1) is 0 Å². The normalized spacial score (nSPS) is 16.6. The smallest absolute Gasteiger partial charge is 0.166 e. The molecule has 1 aromatic heterocycles. The third-order valence-electron chi connectivity index (χ3n) is 4.91. The maximum absolute atomic E-state index is 12.6. The second kappa shape index (κ2) is 6.20. The molecule has 4 rings (SSSR count). The summed E-state index contributed by atoms with van der Waals surface area (Å²) in [6.45, 7) is 2.06. The van der Waals surface area contributed by atoms with Crippen LogP contribution in [0.3, 0.4) is 0 Å². The molecule has 0 fully saturated rings. The summed E-state index contributed by atoms with van der Waals surface area (Å²) in [6, 6.07) is 16.2. The highest BCUT2D eigenvalue weighted by Gasteiger charge is 2.30. The van der Waals surface area contributed by atoms with Crippen molar-refractivity contribution >= 4 is 5.78 Å². The Morgan fingerprint density at radius 3 is 2.44 bits per heavy atom. The third kappa shape index (κ3) is 2.84. The van der Waals surface area contributed by atoms with Crippen molar-refractivity contribution in [2.75, 3.05) is 7.11 Å². The van der Waals surface area contributed by atoms with Gasteiger partial charge in [-0.05, 0) is 49.1 Å². The minimum Gasteiger partial charge on any atom is -0.497 e. The van der Waals surface area contributed by atoms with E-state index in [-0.39, 0.29) is 11.7 Å². The number of rotatable bonds is 3. The van der Waals surface area contributed by atoms with Crippen LogP contribution in [-0.4, -0.2) is 22.7 Å². The Kier molecular flexibility index (Phi) is 3.88. The van der Waals surface area contributed by atoms with E-state index in [1.807, 2.05) is 41.1 Å². The van der Waals surface area contributed by atoms with Crippen LogP contribution in [0.2, 0.25) is 0 Å². The molecule has 126 valence electrons. The van der Waals surface area contributed by atoms with Crippen molar-refractivity contribution in [3.8, 4) is 11.4 Å². The van der Waals surface area contributed by atoms with Crippen LogP contribution in [0.15, 0.2) is 54.7 Å². The lowest BCUT2D eigenvalue weighted by molar-refractivity contribution is 0.0964. The summed E-state index contributed by atoms with van der Waals surface area (Å²) in [7, 11) is 1.66. The number of methoxy groups -OCH3 is 1. The van der Waals surface area contributed by atoms with Crippen LogP contribution in [0.4, 0.5) is 0 Å². The Bertz CT molecular complexity index is 908. The predicted molar refractivity (Wildman–Crippen MR) is 96.7 cm³/mol. The van der Waals surface area contributed by atoms with E-state index >= 15 is 0 Å². The Labute approximate surface area is 147 Å². The van der Waals surface area contributed by atoms with Gasteiger partial charge in [-0.1, -0.05) is 29.8 Å². The van der Waals surface area contributed by atoms with E-state index in [0.717, 1.165) is 34.7 Å². The molecule has 0 radical (unpaired) electrons. The van der Waals surface area contributed by atoms with Crippen LogP contribution in [0.1, 0.15) is 39.5 Å². The van der Waals surface area contributed by atoms with Crippen molar-refractivity contribution in [3.05, 3.63) is 77.1 Å². The van der Waals surface area contributed by atoms with Gasteiger partial charge in [0.25, 0.3) is 0 Å². The van der Waals surface area contributed by atoms with Crippen LogP contribution in [0, 0.1) is 6.92 Å². The fourth-order valence-electron chi connectivity index (χ4n) is 3.46. The average Bonchev–Trinajstić information content (AvgIpc) is 3.07. The van der Waals surface area contributed by atoms with Gasteiger partial charge in [0.15, 0.2) is 5.78 Å². The minimum absolute atomic E-state index is 0.167. The summed E-state index contributed by atoms with van der Waals surface area (Å²) in [6.07, 6.45) is 3.04. The molecule has 4 heteroatoms. The van der Waals surface area contributed by atoms with E-state index < -0.39 is 0 Å². The molecule has 3 aromatic rings. The number of ether oxygens (including phenoxy) is 1. The van der Waals surface area contributed by atoms with Gasteiger partial charge in [0.05, 0.1) is 30.3 Å². The summed E-state index contributed by atoms with van der Waals surface area (Å²) < 4.78 is 7.13. The fraction of sp³-hybridized carbons (Fsp3) is 0.238. The zero-order valence-electron chi connectivity index (χ0n) is 14.4. The molecule has 0 saturated carbocycles. The van der Waals surface area contributed by atoms with E-state index in [1.54, 1.807) is 13.3 Å². The quantitative estimate of drug-likeness (QED) is 0.725. The van der Waals surface area contributed by atoms with Gasteiger partial charge < -0.3 is 4.74 Å². The molecule has 0 spiro atoms. The van der Waals surface area contributed by atoms with Crippen molar-refractivity contribution in [3.63, 3.8) is 0 Å². The van der Waals surface area contributed by atoms with E-state index in [4.69, 9.17) is 4.74 Å². The second-order valence-electron chi connectivity index (χ2n) is 6.55. The number of ketones is 1. The number of aryl methyl sites for hydroxylation is 1. The summed E-state index contributed by atoms with van der Waals surface area (Å²) >= 11 is 0. The molecule has 1 aliphatic carbocycles. The summed E-state index contributed by atoms with van der Waals surface area (Å²) in [5, 5.41) is 4.48. The first kappa shape index (κ1) is 15.6. The molecule has 1 aliphatic rings. The lowest BCUT2D eigenvalue weighted by Crippen LogP contribution is -2.20. The molecule has 0 saturated heterocycles. The number of carbonyl (C=O) groups is 1. The van der Waals surface area contributed by atoms with Crippen molar-refractivity contribution < 1.29 is 9.53 Å². The minimum atomic E-state index is 0.167. The number of hydrogen-bond acceptors (Lipinski definition) is 3. The SMILES string of the molecule is COc1ccc([C@H]2CC(=O)c3cnn(-c4ccc(C)cc4)c3C2)cc1. The molecule has 0 N–H and O–H groups in total. The second-order valence-corrected chi connectivity index (χ2v) is 6.55. The number of Topliss-reactive ketones (excluding diaryl/α,β-unsaturated/α-hetero) is 1. The summed E-state index contributed by atoms with van der Waals surface area (Å²) in [4.78, 5) is 12.6. The zero-order chi connectivity index (χ0) is 17.4. The molecular formula is C21H20N2O2. The number of nitrogens with zero attached hydrogens (tertiary/aromatic N) is 2. The molecular weight excluding hydrogens is 312 g/mol. The van der Waals surface area contributed by atoms with Crippen molar-refractivity contribution in [2.45, 2.75) is 25.7 Å². The lowest BCUT2D eigenvalue weighted by atomic mass is 9.82. The Morgan fingerprint density at radius 1 is 1.04 bits per heavy atom. The third-order valence-corrected chi connectivity index (χ3v) is 4.91. The van der Waals surface area contributed by atoms with Crippen LogP contribution in [-0.2, 0) is 6.42 Å². The Morgan fingerprint density at radius 2 is 1.76 bits per heavy atom. The number of fused-ring (bicyclic) bond motifs is 1. The van der Waals surface area contributed by atoms with Gasteiger partial charge in [0, 0.05) is 6.42 Å². The van der Waals surface area contributed by atoms with E-state index in [9.17, 15) is 4.79 Å². The summed E-state index contributed by atoms with van der Waals surface area (Å²) in [5.74, 6) is 1.17. The molecule has 0 bridgehead atoms. The van der Waals surface area contributed by atoms with Gasteiger partial charge >= 0.3 is 0 Å². The van der Waals surface area contributed by atoms with Gasteiger partial charge in [-0.3, -0.25) is 4.79 Å². The van der Waals surface area contributed by atoms with Gasteiger partial charge in [0.2, 0.25) is 0 Å². The van der Waals surface area contributed by atoms with Gasteiger partial charge in [-0.2, -0.15) is 5.10 Å². The van der Waals surface area contributed by atoms with Gasteiger partial charge in [0.1, 0.15) is 5.75 Å². The molecule has 0 unspecified atom stereocenters. The topological polar surface area (TPSA) is 44.1 Å². The number of hydrogen-bond donors (Lipinski definition) is 0. The standard InChI is InChI=1S/C21H20N2O2/c1-14-3-7-17(8-4-14)23-20-11-16(12-21(24)19(20)13-22-23)15-5-9-18(25-2)10-6-15/h3-10,13,16H,11-12H2,1-2H3/t16-/m1/s1. The highest BCUT2D eigenvalue weighted by molar-refractivity contribution is 5.98. The Balaban J connectivity index is 1.70. The van der Waals surface area contributed by atoms with Crippen molar-refractivity contribution in [1.82, 2.24) is 9.78 Å². The highest BCUT2D eigenvalue weighted by atomic mass is 16.5. The first-order valence-electron chi connectivity index (χ1n) is 8.47. The number of aromatic nitrogens is 2. The molecule has 0 aliphatic heterocycles. The zero-order valence-corrected chi connectivity index (χ0v) is 14.4. The lowest BCUT2D eigenvalue weighted by Gasteiger charge is -2.23. The molecule has 4 nitrogen and oxygen atoms in total. The first-order chi connectivity index (χ1) is 12.2. The van der Waals surface area contributed by atoms with Crippen LogP contribution >= 0.6 is 0 Å². The van der Waals surface area contributed by atoms with E-state index in [1.165, 1.54) is 5.56 Å². The maximum Gasteiger partial charge on any atom is 0.166 e. The van der Waals surface area contributed by atoms with Gasteiger partial charge in [-0.25, -0.2) is 4.68 Å². The fourth-order valence-corrected chi connectivity index (χ4v) is 3.46. The Hall–Kier alpha value is -2.88. The first-order valence-corrected chi connectivity index (χ1v) is 8.47. The maximum atomic E-state index is 12.6. The molecule has 1 atom stereocenters. The largest absolute Gasteiger partial charge is 0.497 e. The van der Waals surface area contributed by atoms with Crippen molar-refractivity contribution in [1.29, 1.82) is 0 Å². The summed E-state index contributed by atoms with van der Waals surface area (Å²) in [5.41, 5.74) is 5.12. The average molecular weight is 332 g/mol. The molecule has 25 heavy (non-hydrogen) atoms. The monoisotopic (exact) mass is 332 g/mol. The van der Waals surface area contributed by atoms with Crippen LogP contribution < -0.4 is 4.74 Å². The van der Waals surface area contributed by atoms with Crippen molar-refractivity contribution in [2.24, 2.45) is 0 Å². The van der Waals surface area contributed by atoms with E-state index in [2.05, 4.69) is 24.2 Å². The predicted octanol–water partition coefficient (Wildman–Crippen LogP) is 4.10. The number of carbonyl (C=O) groups excluding carboxylic acids is 1.